The number of hydrogen-bond donors (Lipinski definition) is 1. The first-order chi connectivity index (χ1) is 19.2. The maximum absolute atomic E-state index is 12.8. The molecule has 0 saturated carbocycles. The van der Waals surface area contributed by atoms with E-state index in [0.29, 0.717) is 35.2 Å². The van der Waals surface area contributed by atoms with E-state index >= 15 is 0 Å². The van der Waals surface area contributed by atoms with E-state index in [4.69, 9.17) is 24.7 Å². The van der Waals surface area contributed by atoms with Crippen molar-refractivity contribution in [3.63, 3.8) is 0 Å². The molecule has 7 heteroatoms. The number of carbonyl (C=O) groups is 1. The lowest BCUT2D eigenvalue weighted by atomic mass is 9.83. The van der Waals surface area contributed by atoms with Gasteiger partial charge in [-0.1, -0.05) is 64.8 Å². The second kappa shape index (κ2) is 12.2. The quantitative estimate of drug-likeness (QED) is 0.177. The highest BCUT2D eigenvalue weighted by Gasteiger charge is 2.32. The monoisotopic (exact) mass is 540 g/mol. The number of benzene rings is 3. The highest BCUT2D eigenvalue weighted by atomic mass is 16.5. The lowest BCUT2D eigenvalue weighted by molar-refractivity contribution is 0.0734. The van der Waals surface area contributed by atoms with Crippen molar-refractivity contribution in [3.05, 3.63) is 94.4 Å². The summed E-state index contributed by atoms with van der Waals surface area (Å²) in [5.74, 6) is 0.960. The zero-order valence-electron chi connectivity index (χ0n) is 23.7. The SMILES string of the molecule is CCCCCOc1ccc(C2C(C#N)=C(N)Oc3cc(OC(=O)c4ccc(C(C)(C)C)cc4)ccc32)cc1OC. The van der Waals surface area contributed by atoms with Crippen LogP contribution in [0.4, 0.5) is 0 Å². The molecule has 0 saturated heterocycles. The van der Waals surface area contributed by atoms with Gasteiger partial charge in [0.05, 0.1) is 25.2 Å². The van der Waals surface area contributed by atoms with Gasteiger partial charge >= 0.3 is 5.97 Å². The third-order valence-electron chi connectivity index (χ3n) is 6.91. The number of fused-ring (bicyclic) bond motifs is 1. The molecule has 0 aliphatic carbocycles. The van der Waals surface area contributed by atoms with Gasteiger partial charge in [0.1, 0.15) is 23.1 Å². The Labute approximate surface area is 236 Å². The van der Waals surface area contributed by atoms with E-state index in [1.54, 1.807) is 37.4 Å². The first-order valence-corrected chi connectivity index (χ1v) is 13.5. The zero-order chi connectivity index (χ0) is 28.9. The Hall–Kier alpha value is -4.44. The minimum Gasteiger partial charge on any atom is -0.493 e. The molecule has 1 atom stereocenters. The van der Waals surface area contributed by atoms with Crippen molar-refractivity contribution in [1.82, 2.24) is 0 Å². The van der Waals surface area contributed by atoms with Crippen molar-refractivity contribution in [1.29, 1.82) is 5.26 Å². The van der Waals surface area contributed by atoms with E-state index in [2.05, 4.69) is 33.8 Å². The summed E-state index contributed by atoms with van der Waals surface area (Å²) in [5.41, 5.74) is 9.55. The van der Waals surface area contributed by atoms with E-state index in [1.165, 1.54) is 0 Å². The number of carbonyl (C=O) groups excluding carboxylic acids is 1. The van der Waals surface area contributed by atoms with Crippen molar-refractivity contribution in [2.45, 2.75) is 58.3 Å². The van der Waals surface area contributed by atoms with Gasteiger partial charge in [-0.25, -0.2) is 4.79 Å². The lowest BCUT2D eigenvalue weighted by Gasteiger charge is -2.27. The van der Waals surface area contributed by atoms with Crippen molar-refractivity contribution in [2.24, 2.45) is 5.73 Å². The lowest BCUT2D eigenvalue weighted by Crippen LogP contribution is -2.21. The molecule has 1 heterocycles. The maximum Gasteiger partial charge on any atom is 0.343 e. The summed E-state index contributed by atoms with van der Waals surface area (Å²) in [7, 11) is 1.59. The molecule has 3 aromatic rings. The van der Waals surface area contributed by atoms with E-state index in [1.807, 2.05) is 30.3 Å². The number of methoxy groups -OCH3 is 1. The predicted molar refractivity (Wildman–Crippen MR) is 154 cm³/mol. The van der Waals surface area contributed by atoms with Gasteiger partial charge in [0.25, 0.3) is 0 Å². The van der Waals surface area contributed by atoms with Crippen LogP contribution >= 0.6 is 0 Å². The molecule has 0 radical (unpaired) electrons. The second-order valence-corrected chi connectivity index (χ2v) is 10.8. The number of nitrogens with two attached hydrogens (primary N) is 1. The Morgan fingerprint density at radius 1 is 1.02 bits per heavy atom. The molecule has 4 rings (SSSR count). The number of unbranched alkanes of at least 4 members (excludes halogenated alkanes) is 2. The van der Waals surface area contributed by atoms with Gasteiger partial charge < -0.3 is 24.7 Å². The Kier molecular flexibility index (Phi) is 8.69. The van der Waals surface area contributed by atoms with Gasteiger partial charge in [-0.05, 0) is 53.3 Å². The van der Waals surface area contributed by atoms with Crippen molar-refractivity contribution >= 4 is 5.97 Å². The van der Waals surface area contributed by atoms with Crippen LogP contribution in [0, 0.1) is 11.3 Å². The first kappa shape index (κ1) is 28.6. The molecule has 208 valence electrons. The molecule has 1 aliphatic rings. The summed E-state index contributed by atoms with van der Waals surface area (Å²) < 4.78 is 23.0. The van der Waals surface area contributed by atoms with Gasteiger partial charge in [-0.15, -0.1) is 0 Å². The van der Waals surface area contributed by atoms with Gasteiger partial charge in [0, 0.05) is 11.6 Å². The summed E-state index contributed by atoms with van der Waals surface area (Å²) >= 11 is 0. The summed E-state index contributed by atoms with van der Waals surface area (Å²) in [5, 5.41) is 9.94. The van der Waals surface area contributed by atoms with Crippen LogP contribution in [0.1, 0.15) is 79.9 Å². The van der Waals surface area contributed by atoms with Gasteiger partial charge in [-0.2, -0.15) is 5.26 Å². The number of esters is 1. The summed E-state index contributed by atoms with van der Waals surface area (Å²) in [6, 6.07) is 20.3. The molecule has 7 nitrogen and oxygen atoms in total. The van der Waals surface area contributed by atoms with Crippen molar-refractivity contribution < 1.29 is 23.7 Å². The Morgan fingerprint density at radius 2 is 1.77 bits per heavy atom. The second-order valence-electron chi connectivity index (χ2n) is 10.8. The largest absolute Gasteiger partial charge is 0.493 e. The predicted octanol–water partition coefficient (Wildman–Crippen LogP) is 7.00. The normalized spacial score (nSPS) is 14.6. The average molecular weight is 541 g/mol. The van der Waals surface area contributed by atoms with E-state index < -0.39 is 11.9 Å². The molecule has 3 aromatic carbocycles. The maximum atomic E-state index is 12.8. The van der Waals surface area contributed by atoms with Crippen LogP contribution in [0.5, 0.6) is 23.0 Å². The van der Waals surface area contributed by atoms with Gasteiger partial charge in [-0.3, -0.25) is 0 Å². The van der Waals surface area contributed by atoms with Crippen LogP contribution < -0.4 is 24.7 Å². The molecule has 0 amide bonds. The van der Waals surface area contributed by atoms with Crippen LogP contribution in [-0.2, 0) is 5.41 Å². The van der Waals surface area contributed by atoms with Crippen LogP contribution in [0.25, 0.3) is 0 Å². The fourth-order valence-corrected chi connectivity index (χ4v) is 4.63. The summed E-state index contributed by atoms with van der Waals surface area (Å²) in [4.78, 5) is 12.8. The molecule has 0 bridgehead atoms. The number of nitrogens with zero attached hydrogens (tertiary/aromatic N) is 1. The first-order valence-electron chi connectivity index (χ1n) is 13.5. The summed E-state index contributed by atoms with van der Waals surface area (Å²) in [6.07, 6.45) is 3.16. The third kappa shape index (κ3) is 6.23. The van der Waals surface area contributed by atoms with Gasteiger partial charge in [0.2, 0.25) is 5.88 Å². The average Bonchev–Trinajstić information content (AvgIpc) is 2.94. The molecule has 1 unspecified atom stereocenters. The van der Waals surface area contributed by atoms with Crippen LogP contribution in [0.2, 0.25) is 0 Å². The minimum atomic E-state index is -0.494. The number of nitriles is 1. The topological polar surface area (TPSA) is 104 Å². The van der Waals surface area contributed by atoms with Gasteiger partial charge in [0.15, 0.2) is 11.5 Å². The van der Waals surface area contributed by atoms with Crippen LogP contribution in [0.3, 0.4) is 0 Å². The highest BCUT2D eigenvalue weighted by Crippen LogP contribution is 2.45. The molecule has 40 heavy (non-hydrogen) atoms. The van der Waals surface area contributed by atoms with Crippen LogP contribution in [-0.4, -0.2) is 19.7 Å². The standard InChI is InChI=1S/C33H36N2O5/c1-6-7-8-17-38-27-16-11-22(18-29(27)37-5)30-25-15-14-24(19-28(25)40-31(35)26(30)20-34)39-32(36)21-9-12-23(13-10-21)33(2,3)4/h9-16,18-19,30H,6-8,17,35H2,1-5H3. The van der Waals surface area contributed by atoms with E-state index in [9.17, 15) is 10.1 Å². The highest BCUT2D eigenvalue weighted by molar-refractivity contribution is 5.91. The van der Waals surface area contributed by atoms with E-state index in [-0.39, 0.29) is 16.9 Å². The van der Waals surface area contributed by atoms with Crippen molar-refractivity contribution in [2.75, 3.05) is 13.7 Å². The van der Waals surface area contributed by atoms with Crippen molar-refractivity contribution in [3.8, 4) is 29.1 Å². The summed E-state index contributed by atoms with van der Waals surface area (Å²) in [6.45, 7) is 9.09. The Bertz CT molecular complexity index is 1450. The third-order valence-corrected chi connectivity index (χ3v) is 6.91. The fourth-order valence-electron chi connectivity index (χ4n) is 4.63. The molecular weight excluding hydrogens is 504 g/mol. The number of ether oxygens (including phenoxy) is 4. The molecule has 1 aliphatic heterocycles. The molecule has 0 aromatic heterocycles. The fraction of sp³-hybridized carbons (Fsp3) is 0.333. The zero-order valence-corrected chi connectivity index (χ0v) is 23.7. The number of hydrogen-bond acceptors (Lipinski definition) is 7. The molecular formula is C33H36N2O5. The number of rotatable bonds is 9. The Morgan fingerprint density at radius 3 is 2.42 bits per heavy atom. The minimum absolute atomic E-state index is 0.0000968. The van der Waals surface area contributed by atoms with E-state index in [0.717, 1.165) is 36.0 Å². The molecule has 2 N–H and O–H groups in total. The molecule has 0 fully saturated rings. The van der Waals surface area contributed by atoms with Crippen LogP contribution in [0.15, 0.2) is 72.1 Å². The Balaban J connectivity index is 1.60. The number of allylic oxidation sites excluding steroid dienone is 1. The smallest absolute Gasteiger partial charge is 0.343 e. The molecule has 0 spiro atoms.